The summed E-state index contributed by atoms with van der Waals surface area (Å²) in [6.45, 7) is 2.64. The third-order valence-electron chi connectivity index (χ3n) is 3.58. The molecule has 1 aromatic rings. The lowest BCUT2D eigenvalue weighted by atomic mass is 10.2. The second-order valence-electron chi connectivity index (χ2n) is 5.18. The Balaban J connectivity index is 1.45. The van der Waals surface area contributed by atoms with Gasteiger partial charge >= 0.3 is 0 Å². The molecule has 104 valence electrons. The number of ether oxygens (including phenoxy) is 1. The zero-order valence-corrected chi connectivity index (χ0v) is 11.7. The molecule has 0 aromatic heterocycles. The van der Waals surface area contributed by atoms with Crippen molar-refractivity contribution >= 4 is 6.08 Å². The maximum atomic E-state index is 5.59. The lowest BCUT2D eigenvalue weighted by Gasteiger charge is -2.11. The Kier molecular flexibility index (Phi) is 6.69. The first kappa shape index (κ1) is 14.3. The monoisotopic (exact) mass is 259 g/mol. The van der Waals surface area contributed by atoms with Gasteiger partial charge in [-0.2, -0.15) is 0 Å². The third kappa shape index (κ3) is 6.04. The van der Waals surface area contributed by atoms with Gasteiger partial charge in [-0.15, -0.1) is 0 Å². The average Bonchev–Trinajstić information content (AvgIpc) is 2.96. The number of rotatable bonds is 8. The molecule has 0 heterocycles. The van der Waals surface area contributed by atoms with Gasteiger partial charge in [0.15, 0.2) is 0 Å². The largest absolute Gasteiger partial charge is 0.377 e. The summed E-state index contributed by atoms with van der Waals surface area (Å²) in [6, 6.07) is 11.1. The predicted octanol–water partition coefficient (Wildman–Crippen LogP) is 3.64. The molecule has 2 heteroatoms. The van der Waals surface area contributed by atoms with Crippen LogP contribution in [0, 0.1) is 0 Å². The fourth-order valence-electron chi connectivity index (χ4n) is 2.51. The molecule has 1 N–H and O–H groups in total. The van der Waals surface area contributed by atoms with E-state index in [1.807, 2.05) is 6.07 Å². The van der Waals surface area contributed by atoms with E-state index in [1.54, 1.807) is 0 Å². The van der Waals surface area contributed by atoms with E-state index in [1.165, 1.54) is 31.2 Å². The molecule has 0 radical (unpaired) electrons. The molecule has 2 rings (SSSR count). The summed E-state index contributed by atoms with van der Waals surface area (Å²) in [5.41, 5.74) is 1.23. The van der Waals surface area contributed by atoms with Crippen molar-refractivity contribution in [2.75, 3.05) is 19.8 Å². The molecule has 0 bridgehead atoms. The summed E-state index contributed by atoms with van der Waals surface area (Å²) in [5, 5.41) is 3.60. The Bertz CT molecular complexity index is 355. The highest BCUT2D eigenvalue weighted by Gasteiger charge is 2.12. The lowest BCUT2D eigenvalue weighted by Crippen LogP contribution is -2.27. The average molecular weight is 259 g/mol. The van der Waals surface area contributed by atoms with Crippen LogP contribution >= 0.6 is 0 Å². The quantitative estimate of drug-likeness (QED) is 0.720. The number of benzene rings is 1. The molecule has 0 amide bonds. The van der Waals surface area contributed by atoms with Crippen molar-refractivity contribution in [2.45, 2.75) is 38.1 Å². The van der Waals surface area contributed by atoms with Crippen LogP contribution in [0.15, 0.2) is 36.4 Å². The van der Waals surface area contributed by atoms with E-state index < -0.39 is 0 Å². The minimum Gasteiger partial charge on any atom is -0.377 e. The fourth-order valence-corrected chi connectivity index (χ4v) is 2.51. The molecule has 1 saturated carbocycles. The van der Waals surface area contributed by atoms with E-state index in [4.69, 9.17) is 4.74 Å². The van der Waals surface area contributed by atoms with Crippen LogP contribution in [-0.4, -0.2) is 25.8 Å². The summed E-state index contributed by atoms with van der Waals surface area (Å²) in [7, 11) is 0. The van der Waals surface area contributed by atoms with Gasteiger partial charge in [0.25, 0.3) is 0 Å². The number of hydrogen-bond donors (Lipinski definition) is 1. The highest BCUT2D eigenvalue weighted by molar-refractivity contribution is 5.48. The van der Waals surface area contributed by atoms with Gasteiger partial charge in [0.1, 0.15) is 0 Å². The lowest BCUT2D eigenvalue weighted by molar-refractivity contribution is 0.159. The van der Waals surface area contributed by atoms with Crippen LogP contribution < -0.4 is 5.32 Å². The van der Waals surface area contributed by atoms with Crippen molar-refractivity contribution in [3.8, 4) is 0 Å². The summed E-state index contributed by atoms with van der Waals surface area (Å²) in [6.07, 6.45) is 10.8. The molecule has 1 aromatic carbocycles. The van der Waals surface area contributed by atoms with Gasteiger partial charge in [0.05, 0.1) is 6.61 Å². The Hall–Kier alpha value is -1.12. The van der Waals surface area contributed by atoms with Crippen molar-refractivity contribution in [2.24, 2.45) is 0 Å². The van der Waals surface area contributed by atoms with Crippen LogP contribution in [0.5, 0.6) is 0 Å². The molecular formula is C17H25NO. The maximum absolute atomic E-state index is 5.59. The van der Waals surface area contributed by atoms with Crippen molar-refractivity contribution in [1.29, 1.82) is 0 Å². The summed E-state index contributed by atoms with van der Waals surface area (Å²) >= 11 is 0. The van der Waals surface area contributed by atoms with Gasteiger partial charge < -0.3 is 10.1 Å². The first-order valence-electron chi connectivity index (χ1n) is 7.48. The smallest absolute Gasteiger partial charge is 0.0650 e. The van der Waals surface area contributed by atoms with Gasteiger partial charge in [-0.3, -0.25) is 0 Å². The zero-order chi connectivity index (χ0) is 13.2. The molecule has 0 saturated heterocycles. The maximum Gasteiger partial charge on any atom is 0.0650 e. The van der Waals surface area contributed by atoms with E-state index >= 15 is 0 Å². The van der Waals surface area contributed by atoms with Gasteiger partial charge in [0.2, 0.25) is 0 Å². The van der Waals surface area contributed by atoms with Gasteiger partial charge in [-0.1, -0.05) is 55.3 Å². The molecule has 2 nitrogen and oxygen atoms in total. The molecule has 0 atom stereocenters. The van der Waals surface area contributed by atoms with E-state index in [-0.39, 0.29) is 0 Å². The number of hydrogen-bond acceptors (Lipinski definition) is 2. The highest BCUT2D eigenvalue weighted by Crippen LogP contribution is 2.17. The first-order chi connectivity index (χ1) is 9.45. The van der Waals surface area contributed by atoms with Gasteiger partial charge in [-0.05, 0) is 31.4 Å². The van der Waals surface area contributed by atoms with Crippen LogP contribution in [0.2, 0.25) is 0 Å². The summed E-state index contributed by atoms with van der Waals surface area (Å²) in [4.78, 5) is 0. The van der Waals surface area contributed by atoms with Crippen LogP contribution in [0.25, 0.3) is 6.08 Å². The van der Waals surface area contributed by atoms with Crippen LogP contribution in [-0.2, 0) is 4.74 Å². The predicted molar refractivity (Wildman–Crippen MR) is 81.2 cm³/mol. The van der Waals surface area contributed by atoms with Crippen molar-refractivity contribution in [1.82, 2.24) is 5.32 Å². The van der Waals surface area contributed by atoms with Crippen LogP contribution in [0.4, 0.5) is 0 Å². The molecule has 1 aliphatic rings. The summed E-state index contributed by atoms with van der Waals surface area (Å²) in [5.74, 6) is 0. The molecule has 0 aliphatic heterocycles. The van der Waals surface area contributed by atoms with Crippen molar-refractivity contribution in [3.63, 3.8) is 0 Å². The van der Waals surface area contributed by atoms with Gasteiger partial charge in [-0.25, -0.2) is 0 Å². The second kappa shape index (κ2) is 8.89. The molecule has 1 fully saturated rings. The van der Waals surface area contributed by atoms with Crippen molar-refractivity contribution in [3.05, 3.63) is 42.0 Å². The zero-order valence-electron chi connectivity index (χ0n) is 11.7. The normalized spacial score (nSPS) is 16.4. The summed E-state index contributed by atoms with van der Waals surface area (Å²) < 4.78 is 5.59. The Morgan fingerprint density at radius 1 is 1.16 bits per heavy atom. The number of nitrogens with one attached hydrogen (secondary N) is 1. The third-order valence-corrected chi connectivity index (χ3v) is 3.58. The van der Waals surface area contributed by atoms with Crippen molar-refractivity contribution < 1.29 is 4.74 Å². The Labute approximate surface area is 116 Å². The minimum absolute atomic E-state index is 0.707. The molecule has 19 heavy (non-hydrogen) atoms. The van der Waals surface area contributed by atoms with E-state index in [0.29, 0.717) is 6.61 Å². The van der Waals surface area contributed by atoms with Crippen LogP contribution in [0.3, 0.4) is 0 Å². The van der Waals surface area contributed by atoms with Gasteiger partial charge in [0, 0.05) is 12.6 Å². The molecule has 0 unspecified atom stereocenters. The fraction of sp³-hybridized carbons (Fsp3) is 0.529. The van der Waals surface area contributed by atoms with E-state index in [2.05, 4.69) is 41.7 Å². The highest BCUT2D eigenvalue weighted by atomic mass is 16.5. The minimum atomic E-state index is 0.707. The Morgan fingerprint density at radius 2 is 1.95 bits per heavy atom. The van der Waals surface area contributed by atoms with E-state index in [9.17, 15) is 0 Å². The molecule has 1 aliphatic carbocycles. The topological polar surface area (TPSA) is 21.3 Å². The Morgan fingerprint density at radius 3 is 2.74 bits per heavy atom. The second-order valence-corrected chi connectivity index (χ2v) is 5.18. The first-order valence-corrected chi connectivity index (χ1v) is 7.48. The van der Waals surface area contributed by atoms with Crippen LogP contribution in [0.1, 0.15) is 37.7 Å². The molecule has 0 spiro atoms. The van der Waals surface area contributed by atoms with E-state index in [0.717, 1.165) is 25.6 Å². The standard InChI is InChI=1S/C17H25NO/c1-2-8-16(9-3-1)10-6-14-19-15-7-13-18-17-11-4-5-12-17/h1-3,6,8-10,17-18H,4-5,7,11-15H2. The SMILES string of the molecule is C(=Cc1ccccc1)COCCCNC1CCCC1. The molecular weight excluding hydrogens is 234 g/mol.